The Balaban J connectivity index is 0. The van der Waals surface area contributed by atoms with E-state index in [-0.39, 0.29) is 12.4 Å². The average Bonchev–Trinajstić information content (AvgIpc) is 1.69. The molecule has 0 radical (unpaired) electrons. The van der Waals surface area contributed by atoms with Gasteiger partial charge in [0.05, 0.1) is 0 Å². The highest BCUT2D eigenvalue weighted by Gasteiger charge is 1.79. The molecule has 52 valence electrons. The number of hydrogen-bond donors (Lipinski definition) is 0. The van der Waals surface area contributed by atoms with Crippen LogP contribution in [0.3, 0.4) is 0 Å². The minimum Gasteiger partial charge on any atom is -0.147 e. The predicted octanol–water partition coefficient (Wildman–Crippen LogP) is 2.91. The molecule has 0 amide bonds. The Hall–Kier alpha value is 0.720. The molecular formula is C6H16ClP. The third-order valence-corrected chi connectivity index (χ3v) is 2.56. The Kier molecular flexibility index (Phi) is 15.3. The highest BCUT2D eigenvalue weighted by atomic mass is 35.5. The van der Waals surface area contributed by atoms with Crippen LogP contribution < -0.4 is 0 Å². The van der Waals surface area contributed by atoms with E-state index < -0.39 is 0 Å². The Bertz CT molecular complexity index is 27.7. The van der Waals surface area contributed by atoms with E-state index in [1.165, 1.54) is 33.7 Å². The summed E-state index contributed by atoms with van der Waals surface area (Å²) >= 11 is 0. The molecule has 0 heterocycles. The van der Waals surface area contributed by atoms with E-state index in [0.717, 1.165) is 0 Å². The number of halogens is 1. The maximum atomic E-state index is 2.25. The minimum atomic E-state index is 0. The standard InChI is InChI=1S/C6H15P.ClH/c1-3-5-7-6-4-2;/h7H,3-6H2,1-2H3;1H. The van der Waals surface area contributed by atoms with Crippen LogP contribution in [0, 0.1) is 0 Å². The summed E-state index contributed by atoms with van der Waals surface area (Å²) in [7, 11) is 1.23. The van der Waals surface area contributed by atoms with Crippen molar-refractivity contribution in [3.05, 3.63) is 0 Å². The van der Waals surface area contributed by atoms with Crippen molar-refractivity contribution in [3.63, 3.8) is 0 Å². The maximum Gasteiger partial charge on any atom is -0.0356 e. The molecule has 8 heavy (non-hydrogen) atoms. The zero-order valence-electron chi connectivity index (χ0n) is 5.74. The second kappa shape index (κ2) is 10.7. The molecule has 0 N–H and O–H groups in total. The molecule has 0 aromatic carbocycles. The summed E-state index contributed by atoms with van der Waals surface area (Å²) in [6, 6.07) is 0. The SMILES string of the molecule is CCCPCCC.Cl. The molecule has 0 spiro atoms. The first-order chi connectivity index (χ1) is 3.41. The molecule has 2 heteroatoms. The molecule has 0 aromatic heterocycles. The van der Waals surface area contributed by atoms with Crippen LogP contribution in [0.2, 0.25) is 0 Å². The van der Waals surface area contributed by atoms with Gasteiger partial charge < -0.3 is 0 Å². The smallest absolute Gasteiger partial charge is 0.0356 e. The molecule has 0 aromatic rings. The summed E-state index contributed by atoms with van der Waals surface area (Å²) in [5, 5.41) is 0. The van der Waals surface area contributed by atoms with Crippen molar-refractivity contribution in [3.8, 4) is 0 Å². The van der Waals surface area contributed by atoms with Gasteiger partial charge in [-0.1, -0.05) is 26.7 Å². The van der Waals surface area contributed by atoms with Gasteiger partial charge in [-0.2, -0.15) is 0 Å². The summed E-state index contributed by atoms with van der Waals surface area (Å²) in [5.41, 5.74) is 0. The molecule has 0 saturated heterocycles. The first-order valence-electron chi connectivity index (χ1n) is 3.12. The molecule has 0 rings (SSSR count). The lowest BCUT2D eigenvalue weighted by Crippen LogP contribution is -1.72. The Morgan fingerprint density at radius 3 is 1.62 bits per heavy atom. The van der Waals surface area contributed by atoms with Crippen molar-refractivity contribution in [2.75, 3.05) is 12.3 Å². The topological polar surface area (TPSA) is 0 Å². The molecule has 0 aliphatic carbocycles. The normalized spacial score (nSPS) is 8.25. The largest absolute Gasteiger partial charge is 0.147 e. The van der Waals surface area contributed by atoms with Crippen molar-refractivity contribution in [1.29, 1.82) is 0 Å². The molecule has 0 unspecified atom stereocenters. The quantitative estimate of drug-likeness (QED) is 0.432. The Morgan fingerprint density at radius 1 is 1.00 bits per heavy atom. The summed E-state index contributed by atoms with van der Waals surface area (Å²) in [6.45, 7) is 4.51. The first-order valence-corrected chi connectivity index (χ1v) is 4.54. The summed E-state index contributed by atoms with van der Waals surface area (Å²) in [4.78, 5) is 0. The van der Waals surface area contributed by atoms with Gasteiger partial charge in [0.2, 0.25) is 0 Å². The van der Waals surface area contributed by atoms with Crippen LogP contribution in [0.15, 0.2) is 0 Å². The lowest BCUT2D eigenvalue weighted by atomic mass is 10.6. The molecule has 0 nitrogen and oxygen atoms in total. The van der Waals surface area contributed by atoms with E-state index in [9.17, 15) is 0 Å². The molecule has 0 aliphatic rings. The van der Waals surface area contributed by atoms with Gasteiger partial charge >= 0.3 is 0 Å². The molecule has 0 aliphatic heterocycles. The molecular weight excluding hydrogens is 138 g/mol. The molecule has 0 bridgehead atoms. The lowest BCUT2D eigenvalue weighted by Gasteiger charge is -1.91. The highest BCUT2D eigenvalue weighted by Crippen LogP contribution is 2.10. The van der Waals surface area contributed by atoms with Crippen LogP contribution in [0.5, 0.6) is 0 Å². The van der Waals surface area contributed by atoms with Gasteiger partial charge in [-0.25, -0.2) is 0 Å². The monoisotopic (exact) mass is 154 g/mol. The predicted molar refractivity (Wildman–Crippen MR) is 45.9 cm³/mol. The van der Waals surface area contributed by atoms with Crippen molar-refractivity contribution in [2.45, 2.75) is 26.7 Å². The van der Waals surface area contributed by atoms with E-state index in [1.54, 1.807) is 0 Å². The maximum absolute atomic E-state index is 2.25. The first kappa shape index (κ1) is 11.5. The summed E-state index contributed by atoms with van der Waals surface area (Å²) in [5.74, 6) is 0. The van der Waals surface area contributed by atoms with Crippen LogP contribution in [0.1, 0.15) is 26.7 Å². The third kappa shape index (κ3) is 9.87. The van der Waals surface area contributed by atoms with E-state index in [0.29, 0.717) is 0 Å². The van der Waals surface area contributed by atoms with E-state index in [2.05, 4.69) is 13.8 Å². The molecule has 0 saturated carbocycles. The third-order valence-electron chi connectivity index (χ3n) is 0.854. The fourth-order valence-electron chi connectivity index (χ4n) is 0.479. The van der Waals surface area contributed by atoms with Crippen LogP contribution >= 0.6 is 21.0 Å². The second-order valence-electron chi connectivity index (χ2n) is 1.75. The zero-order chi connectivity index (χ0) is 5.54. The van der Waals surface area contributed by atoms with Crippen molar-refractivity contribution in [1.82, 2.24) is 0 Å². The Morgan fingerprint density at radius 2 is 1.38 bits per heavy atom. The van der Waals surface area contributed by atoms with Gasteiger partial charge in [-0.3, -0.25) is 0 Å². The minimum absolute atomic E-state index is 0. The van der Waals surface area contributed by atoms with Crippen LogP contribution in [-0.2, 0) is 0 Å². The lowest BCUT2D eigenvalue weighted by molar-refractivity contribution is 1.07. The number of rotatable bonds is 4. The molecule has 0 atom stereocenters. The van der Waals surface area contributed by atoms with Crippen LogP contribution in [0.4, 0.5) is 0 Å². The van der Waals surface area contributed by atoms with Crippen molar-refractivity contribution < 1.29 is 0 Å². The highest BCUT2D eigenvalue weighted by molar-refractivity contribution is 7.37. The average molecular weight is 155 g/mol. The van der Waals surface area contributed by atoms with Crippen molar-refractivity contribution >= 4 is 21.0 Å². The molecule has 0 fully saturated rings. The second-order valence-corrected chi connectivity index (χ2v) is 3.25. The van der Waals surface area contributed by atoms with Gasteiger partial charge in [-0.15, -0.1) is 21.0 Å². The van der Waals surface area contributed by atoms with E-state index in [1.807, 2.05) is 0 Å². The van der Waals surface area contributed by atoms with Crippen LogP contribution in [-0.4, -0.2) is 12.3 Å². The summed E-state index contributed by atoms with van der Waals surface area (Å²) in [6.07, 6.45) is 5.65. The fraction of sp³-hybridized carbons (Fsp3) is 1.00. The van der Waals surface area contributed by atoms with Crippen molar-refractivity contribution in [2.24, 2.45) is 0 Å². The van der Waals surface area contributed by atoms with Gasteiger partial charge in [0.1, 0.15) is 0 Å². The Labute approximate surface area is 60.6 Å². The van der Waals surface area contributed by atoms with Gasteiger partial charge in [0.25, 0.3) is 0 Å². The van der Waals surface area contributed by atoms with Crippen LogP contribution in [0.25, 0.3) is 0 Å². The van der Waals surface area contributed by atoms with Gasteiger partial charge in [-0.05, 0) is 12.3 Å². The zero-order valence-corrected chi connectivity index (χ0v) is 7.55. The number of hydrogen-bond acceptors (Lipinski definition) is 0. The van der Waals surface area contributed by atoms with E-state index >= 15 is 0 Å². The van der Waals surface area contributed by atoms with Gasteiger partial charge in [0.15, 0.2) is 0 Å². The van der Waals surface area contributed by atoms with Gasteiger partial charge in [0, 0.05) is 0 Å². The fourth-order valence-corrected chi connectivity index (χ4v) is 1.44. The van der Waals surface area contributed by atoms with E-state index in [4.69, 9.17) is 0 Å². The summed E-state index contributed by atoms with van der Waals surface area (Å²) < 4.78 is 0.